The van der Waals surface area contributed by atoms with Crippen molar-refractivity contribution in [3.05, 3.63) is 5.28 Å². The summed E-state index contributed by atoms with van der Waals surface area (Å²) in [6.45, 7) is 7.47. The van der Waals surface area contributed by atoms with Gasteiger partial charge in [-0.25, -0.2) is 0 Å². The van der Waals surface area contributed by atoms with Gasteiger partial charge in [0.05, 0.1) is 24.9 Å². The highest BCUT2D eigenvalue weighted by Crippen LogP contribution is 2.25. The van der Waals surface area contributed by atoms with Crippen molar-refractivity contribution in [2.75, 3.05) is 31.2 Å². The van der Waals surface area contributed by atoms with E-state index in [9.17, 15) is 5.11 Å². The van der Waals surface area contributed by atoms with E-state index in [1.807, 2.05) is 25.7 Å². The third-order valence-electron chi connectivity index (χ3n) is 2.98. The Morgan fingerprint density at radius 3 is 2.86 bits per heavy atom. The van der Waals surface area contributed by atoms with Crippen LogP contribution in [0.4, 0.5) is 5.95 Å². The van der Waals surface area contributed by atoms with Crippen molar-refractivity contribution >= 4 is 17.5 Å². The number of aromatic nitrogens is 3. The van der Waals surface area contributed by atoms with Crippen LogP contribution in [0.2, 0.25) is 5.28 Å². The van der Waals surface area contributed by atoms with Crippen molar-refractivity contribution in [3.8, 4) is 6.01 Å². The molecule has 118 valence electrons. The molecule has 0 aliphatic carbocycles. The van der Waals surface area contributed by atoms with Gasteiger partial charge in [0.1, 0.15) is 0 Å². The first kappa shape index (κ1) is 16.2. The van der Waals surface area contributed by atoms with Crippen LogP contribution in [0.3, 0.4) is 0 Å². The van der Waals surface area contributed by atoms with Gasteiger partial charge in [-0.05, 0) is 31.9 Å². The second-order valence-electron chi connectivity index (χ2n) is 5.60. The number of nitrogens with zero attached hydrogens (tertiary/aromatic N) is 4. The molecule has 1 unspecified atom stereocenters. The van der Waals surface area contributed by atoms with Crippen LogP contribution < -0.4 is 9.64 Å². The van der Waals surface area contributed by atoms with Crippen molar-refractivity contribution in [1.82, 2.24) is 15.0 Å². The topological polar surface area (TPSA) is 80.6 Å². The molecule has 0 saturated carbocycles. The summed E-state index contributed by atoms with van der Waals surface area (Å²) in [7, 11) is 0. The molecule has 0 amide bonds. The average molecular weight is 317 g/mol. The maximum atomic E-state index is 9.36. The molecular formula is C13H21ClN4O3. The lowest BCUT2D eigenvalue weighted by Crippen LogP contribution is -2.54. The normalized spacial score (nSPS) is 21.4. The highest BCUT2D eigenvalue weighted by atomic mass is 35.5. The van der Waals surface area contributed by atoms with Crippen molar-refractivity contribution in [2.24, 2.45) is 0 Å². The van der Waals surface area contributed by atoms with Gasteiger partial charge in [-0.3, -0.25) is 0 Å². The predicted molar refractivity (Wildman–Crippen MR) is 78.9 cm³/mol. The number of hydrogen-bond donors (Lipinski definition) is 1. The van der Waals surface area contributed by atoms with E-state index in [0.29, 0.717) is 25.6 Å². The number of aliphatic hydroxyl groups is 1. The molecule has 0 spiro atoms. The fourth-order valence-corrected chi connectivity index (χ4v) is 2.41. The Bertz CT molecular complexity index is 486. The Kier molecular flexibility index (Phi) is 5.18. The lowest BCUT2D eigenvalue weighted by Gasteiger charge is -2.42. The zero-order valence-corrected chi connectivity index (χ0v) is 13.3. The summed E-state index contributed by atoms with van der Waals surface area (Å²) < 4.78 is 11.2. The van der Waals surface area contributed by atoms with Crippen LogP contribution in [-0.2, 0) is 4.74 Å². The summed E-state index contributed by atoms with van der Waals surface area (Å²) in [4.78, 5) is 14.3. The Morgan fingerprint density at radius 1 is 1.43 bits per heavy atom. The number of hydrogen-bond acceptors (Lipinski definition) is 7. The summed E-state index contributed by atoms with van der Waals surface area (Å²) in [6, 6.07) is 0.219. The number of aliphatic hydroxyl groups excluding tert-OH is 1. The van der Waals surface area contributed by atoms with E-state index < -0.39 is 5.60 Å². The van der Waals surface area contributed by atoms with Gasteiger partial charge < -0.3 is 19.5 Å². The van der Waals surface area contributed by atoms with Crippen LogP contribution in [0, 0.1) is 0 Å². The molecule has 1 fully saturated rings. The predicted octanol–water partition coefficient (Wildman–Crippen LogP) is 1.29. The lowest BCUT2D eigenvalue weighted by molar-refractivity contribution is -0.101. The molecule has 1 atom stereocenters. The van der Waals surface area contributed by atoms with Crippen LogP contribution in [0.15, 0.2) is 0 Å². The van der Waals surface area contributed by atoms with Gasteiger partial charge in [0.25, 0.3) is 0 Å². The molecule has 7 nitrogen and oxygen atoms in total. The van der Waals surface area contributed by atoms with Gasteiger partial charge in [0, 0.05) is 13.1 Å². The zero-order chi connectivity index (χ0) is 15.5. The molecule has 2 rings (SSSR count). The largest absolute Gasteiger partial charge is 0.463 e. The van der Waals surface area contributed by atoms with E-state index in [2.05, 4.69) is 15.0 Å². The molecule has 8 heteroatoms. The van der Waals surface area contributed by atoms with Gasteiger partial charge in [0.2, 0.25) is 11.2 Å². The summed E-state index contributed by atoms with van der Waals surface area (Å²) in [5, 5.41) is 9.45. The van der Waals surface area contributed by atoms with Gasteiger partial charge >= 0.3 is 6.01 Å². The summed E-state index contributed by atoms with van der Waals surface area (Å²) in [5.74, 6) is 0.441. The number of halogens is 1. The highest BCUT2D eigenvalue weighted by Gasteiger charge is 2.34. The maximum Gasteiger partial charge on any atom is 0.322 e. The van der Waals surface area contributed by atoms with Crippen LogP contribution in [0.5, 0.6) is 6.01 Å². The summed E-state index contributed by atoms with van der Waals surface area (Å²) in [5.41, 5.74) is -0.408. The molecule has 1 saturated heterocycles. The Hall–Kier alpha value is -1.18. The first-order valence-corrected chi connectivity index (χ1v) is 7.39. The SMILES string of the molecule is CCCOc1nc(Cl)nc(N2CC(CO)OC(C)(C)C2)n1. The number of ether oxygens (including phenoxy) is 2. The smallest absolute Gasteiger partial charge is 0.322 e. The standard InChI is InChI=1S/C13H21ClN4O3/c1-4-5-20-12-16-10(14)15-11(17-12)18-6-9(7-19)21-13(2,3)8-18/h9,19H,4-8H2,1-3H3. The third-order valence-corrected chi connectivity index (χ3v) is 3.15. The molecule has 1 aromatic heterocycles. The third kappa shape index (κ3) is 4.39. The van der Waals surface area contributed by atoms with Crippen molar-refractivity contribution < 1.29 is 14.6 Å². The van der Waals surface area contributed by atoms with E-state index in [4.69, 9.17) is 21.1 Å². The van der Waals surface area contributed by atoms with E-state index in [-0.39, 0.29) is 24.0 Å². The van der Waals surface area contributed by atoms with Gasteiger partial charge in [-0.15, -0.1) is 0 Å². The van der Waals surface area contributed by atoms with Crippen LogP contribution in [-0.4, -0.2) is 58.1 Å². The molecule has 2 heterocycles. The Morgan fingerprint density at radius 2 is 2.19 bits per heavy atom. The minimum absolute atomic E-state index is 0.0576. The number of anilines is 1. The van der Waals surface area contributed by atoms with E-state index in [1.54, 1.807) is 0 Å². The molecule has 21 heavy (non-hydrogen) atoms. The molecule has 0 bridgehead atoms. The van der Waals surface area contributed by atoms with Crippen LogP contribution >= 0.6 is 11.6 Å². The van der Waals surface area contributed by atoms with E-state index in [0.717, 1.165) is 6.42 Å². The van der Waals surface area contributed by atoms with Crippen molar-refractivity contribution in [3.63, 3.8) is 0 Å². The van der Waals surface area contributed by atoms with Gasteiger partial charge in [0.15, 0.2) is 0 Å². The first-order valence-electron chi connectivity index (χ1n) is 7.01. The first-order chi connectivity index (χ1) is 9.93. The number of rotatable bonds is 5. The highest BCUT2D eigenvalue weighted by molar-refractivity contribution is 6.28. The zero-order valence-electron chi connectivity index (χ0n) is 12.5. The van der Waals surface area contributed by atoms with E-state index in [1.165, 1.54) is 0 Å². The minimum Gasteiger partial charge on any atom is -0.463 e. The molecule has 1 aromatic rings. The molecule has 1 aliphatic rings. The quantitative estimate of drug-likeness (QED) is 0.876. The Labute approximate surface area is 129 Å². The fraction of sp³-hybridized carbons (Fsp3) is 0.769. The molecule has 1 aliphatic heterocycles. The molecule has 1 N–H and O–H groups in total. The van der Waals surface area contributed by atoms with Crippen LogP contribution in [0.25, 0.3) is 0 Å². The van der Waals surface area contributed by atoms with E-state index >= 15 is 0 Å². The monoisotopic (exact) mass is 316 g/mol. The van der Waals surface area contributed by atoms with Crippen molar-refractivity contribution in [1.29, 1.82) is 0 Å². The van der Waals surface area contributed by atoms with Gasteiger partial charge in [-0.2, -0.15) is 15.0 Å². The lowest BCUT2D eigenvalue weighted by atomic mass is 10.1. The second-order valence-corrected chi connectivity index (χ2v) is 5.94. The maximum absolute atomic E-state index is 9.36. The average Bonchev–Trinajstić information content (AvgIpc) is 2.42. The molecule has 0 aromatic carbocycles. The number of morpholine rings is 1. The summed E-state index contributed by atoms with van der Waals surface area (Å²) in [6.07, 6.45) is 0.569. The second kappa shape index (κ2) is 6.72. The minimum atomic E-state index is -0.408. The van der Waals surface area contributed by atoms with Crippen LogP contribution in [0.1, 0.15) is 27.2 Å². The van der Waals surface area contributed by atoms with Crippen molar-refractivity contribution in [2.45, 2.75) is 38.9 Å². The van der Waals surface area contributed by atoms with Gasteiger partial charge in [-0.1, -0.05) is 6.92 Å². The molecule has 0 radical (unpaired) electrons. The Balaban J connectivity index is 2.21. The molecular weight excluding hydrogens is 296 g/mol. The summed E-state index contributed by atoms with van der Waals surface area (Å²) >= 11 is 5.94. The fourth-order valence-electron chi connectivity index (χ4n) is 2.26.